The fraction of sp³-hybridized carbons (Fsp3) is 0.750. The SMILES string of the molecule is CCn1ncc(CNC)c1C1CCCC1. The molecule has 0 unspecified atom stereocenters. The average Bonchev–Trinajstić information content (AvgIpc) is 2.85. The zero-order valence-electron chi connectivity index (χ0n) is 9.79. The van der Waals surface area contributed by atoms with E-state index in [-0.39, 0.29) is 0 Å². The van der Waals surface area contributed by atoms with E-state index in [9.17, 15) is 0 Å². The van der Waals surface area contributed by atoms with Crippen molar-refractivity contribution in [1.29, 1.82) is 0 Å². The Morgan fingerprint density at radius 1 is 1.47 bits per heavy atom. The lowest BCUT2D eigenvalue weighted by Crippen LogP contribution is -2.11. The maximum Gasteiger partial charge on any atom is 0.0537 e. The molecule has 15 heavy (non-hydrogen) atoms. The highest BCUT2D eigenvalue weighted by Crippen LogP contribution is 2.35. The van der Waals surface area contributed by atoms with Crippen molar-refractivity contribution in [3.63, 3.8) is 0 Å². The molecule has 0 aliphatic heterocycles. The van der Waals surface area contributed by atoms with Crippen LogP contribution < -0.4 is 5.32 Å². The lowest BCUT2D eigenvalue weighted by Gasteiger charge is -2.14. The average molecular weight is 207 g/mol. The number of nitrogens with zero attached hydrogens (tertiary/aromatic N) is 2. The molecular formula is C12H21N3. The Hall–Kier alpha value is -0.830. The van der Waals surface area contributed by atoms with E-state index in [1.54, 1.807) is 0 Å². The molecule has 0 radical (unpaired) electrons. The molecule has 84 valence electrons. The summed E-state index contributed by atoms with van der Waals surface area (Å²) in [6.07, 6.45) is 7.51. The Morgan fingerprint density at radius 2 is 2.20 bits per heavy atom. The van der Waals surface area contributed by atoms with Gasteiger partial charge in [-0.3, -0.25) is 4.68 Å². The molecule has 1 fully saturated rings. The summed E-state index contributed by atoms with van der Waals surface area (Å²) in [4.78, 5) is 0. The largest absolute Gasteiger partial charge is 0.316 e. The molecule has 1 N–H and O–H groups in total. The van der Waals surface area contributed by atoms with Gasteiger partial charge < -0.3 is 5.32 Å². The van der Waals surface area contributed by atoms with Crippen LogP contribution in [-0.2, 0) is 13.1 Å². The predicted octanol–water partition coefficient (Wildman–Crippen LogP) is 2.28. The van der Waals surface area contributed by atoms with Crippen molar-refractivity contribution >= 4 is 0 Å². The minimum absolute atomic E-state index is 0.760. The van der Waals surface area contributed by atoms with Gasteiger partial charge in [-0.2, -0.15) is 5.10 Å². The summed E-state index contributed by atoms with van der Waals surface area (Å²) < 4.78 is 2.18. The number of rotatable bonds is 4. The molecule has 1 heterocycles. The maximum atomic E-state index is 4.47. The summed E-state index contributed by atoms with van der Waals surface area (Å²) in [7, 11) is 2.00. The van der Waals surface area contributed by atoms with Crippen molar-refractivity contribution in [3.8, 4) is 0 Å². The highest BCUT2D eigenvalue weighted by Gasteiger charge is 2.23. The van der Waals surface area contributed by atoms with Crippen LogP contribution in [0.4, 0.5) is 0 Å². The number of hydrogen-bond acceptors (Lipinski definition) is 2. The van der Waals surface area contributed by atoms with E-state index >= 15 is 0 Å². The maximum absolute atomic E-state index is 4.47. The molecule has 2 rings (SSSR count). The third-order valence-corrected chi connectivity index (χ3v) is 3.37. The van der Waals surface area contributed by atoms with Gasteiger partial charge in [0.15, 0.2) is 0 Å². The Kier molecular flexibility index (Phi) is 3.41. The van der Waals surface area contributed by atoms with Crippen molar-refractivity contribution in [1.82, 2.24) is 15.1 Å². The van der Waals surface area contributed by atoms with Crippen LogP contribution in [0.2, 0.25) is 0 Å². The second kappa shape index (κ2) is 4.79. The minimum Gasteiger partial charge on any atom is -0.316 e. The third-order valence-electron chi connectivity index (χ3n) is 3.37. The van der Waals surface area contributed by atoms with Crippen molar-refractivity contribution < 1.29 is 0 Å². The smallest absolute Gasteiger partial charge is 0.0537 e. The fourth-order valence-electron chi connectivity index (χ4n) is 2.68. The van der Waals surface area contributed by atoms with Crippen LogP contribution in [0.1, 0.15) is 49.8 Å². The van der Waals surface area contributed by atoms with Gasteiger partial charge in [0, 0.05) is 30.3 Å². The molecule has 0 saturated heterocycles. The quantitative estimate of drug-likeness (QED) is 0.821. The minimum atomic E-state index is 0.760. The van der Waals surface area contributed by atoms with E-state index in [1.807, 2.05) is 13.2 Å². The molecule has 1 aromatic heterocycles. The summed E-state index contributed by atoms with van der Waals surface area (Å²) in [5.74, 6) is 0.760. The normalized spacial score (nSPS) is 17.5. The van der Waals surface area contributed by atoms with E-state index in [4.69, 9.17) is 0 Å². The van der Waals surface area contributed by atoms with Gasteiger partial charge in [-0.1, -0.05) is 12.8 Å². The number of nitrogens with one attached hydrogen (secondary N) is 1. The zero-order valence-corrected chi connectivity index (χ0v) is 9.79. The van der Waals surface area contributed by atoms with E-state index in [0.29, 0.717) is 0 Å². The summed E-state index contributed by atoms with van der Waals surface area (Å²) >= 11 is 0. The lowest BCUT2D eigenvalue weighted by atomic mass is 10.00. The second-order valence-corrected chi connectivity index (χ2v) is 4.38. The van der Waals surface area contributed by atoms with E-state index in [1.165, 1.54) is 36.9 Å². The number of aryl methyl sites for hydroxylation is 1. The van der Waals surface area contributed by atoms with Crippen LogP contribution in [0, 0.1) is 0 Å². The first-order valence-electron chi connectivity index (χ1n) is 6.06. The van der Waals surface area contributed by atoms with E-state index < -0.39 is 0 Å². The van der Waals surface area contributed by atoms with Crippen LogP contribution in [0.3, 0.4) is 0 Å². The summed E-state index contributed by atoms with van der Waals surface area (Å²) in [6.45, 7) is 4.12. The van der Waals surface area contributed by atoms with Crippen LogP contribution >= 0.6 is 0 Å². The van der Waals surface area contributed by atoms with E-state index in [2.05, 4.69) is 22.0 Å². The number of hydrogen-bond donors (Lipinski definition) is 1. The van der Waals surface area contributed by atoms with Gasteiger partial charge >= 0.3 is 0 Å². The van der Waals surface area contributed by atoms with Gasteiger partial charge in [-0.15, -0.1) is 0 Å². The molecule has 1 aliphatic rings. The third kappa shape index (κ3) is 2.07. The number of aromatic nitrogens is 2. The van der Waals surface area contributed by atoms with Gasteiger partial charge in [-0.05, 0) is 26.8 Å². The lowest BCUT2D eigenvalue weighted by molar-refractivity contribution is 0.563. The highest BCUT2D eigenvalue weighted by molar-refractivity contribution is 5.22. The molecule has 1 saturated carbocycles. The molecular weight excluding hydrogens is 186 g/mol. The Morgan fingerprint density at radius 3 is 2.80 bits per heavy atom. The summed E-state index contributed by atoms with van der Waals surface area (Å²) in [6, 6.07) is 0. The van der Waals surface area contributed by atoms with Crippen molar-refractivity contribution in [3.05, 3.63) is 17.5 Å². The topological polar surface area (TPSA) is 29.9 Å². The van der Waals surface area contributed by atoms with Crippen molar-refractivity contribution in [2.45, 2.75) is 51.6 Å². The molecule has 0 amide bonds. The fourth-order valence-corrected chi connectivity index (χ4v) is 2.68. The molecule has 3 heteroatoms. The van der Waals surface area contributed by atoms with Gasteiger partial charge in [0.05, 0.1) is 6.20 Å². The van der Waals surface area contributed by atoms with Crippen LogP contribution in [0.15, 0.2) is 6.20 Å². The first-order valence-corrected chi connectivity index (χ1v) is 6.06. The molecule has 3 nitrogen and oxygen atoms in total. The molecule has 0 spiro atoms. The Bertz CT molecular complexity index is 311. The predicted molar refractivity (Wildman–Crippen MR) is 61.9 cm³/mol. The van der Waals surface area contributed by atoms with Gasteiger partial charge in [-0.25, -0.2) is 0 Å². The zero-order chi connectivity index (χ0) is 10.7. The standard InChI is InChI=1S/C12H21N3/c1-3-15-12(10-6-4-5-7-10)11(8-13-2)9-14-15/h9-10,13H,3-8H2,1-2H3. The first kappa shape index (κ1) is 10.7. The second-order valence-electron chi connectivity index (χ2n) is 4.38. The summed E-state index contributed by atoms with van der Waals surface area (Å²) in [5.41, 5.74) is 2.88. The van der Waals surface area contributed by atoms with E-state index in [0.717, 1.165) is 19.0 Å². The van der Waals surface area contributed by atoms with Gasteiger partial charge in [0.1, 0.15) is 0 Å². The van der Waals surface area contributed by atoms with Crippen molar-refractivity contribution in [2.75, 3.05) is 7.05 Å². The van der Waals surface area contributed by atoms with Crippen LogP contribution in [0.5, 0.6) is 0 Å². The Labute approximate surface area is 91.9 Å². The van der Waals surface area contributed by atoms with Gasteiger partial charge in [0.2, 0.25) is 0 Å². The van der Waals surface area contributed by atoms with Crippen LogP contribution in [-0.4, -0.2) is 16.8 Å². The molecule has 0 atom stereocenters. The molecule has 1 aliphatic carbocycles. The molecule has 0 aromatic carbocycles. The Balaban J connectivity index is 2.27. The summed E-state index contributed by atoms with van der Waals surface area (Å²) in [5, 5.41) is 7.71. The monoisotopic (exact) mass is 207 g/mol. The van der Waals surface area contributed by atoms with Crippen LogP contribution in [0.25, 0.3) is 0 Å². The molecule has 0 bridgehead atoms. The molecule has 1 aromatic rings. The first-order chi connectivity index (χ1) is 7.36. The van der Waals surface area contributed by atoms with Gasteiger partial charge in [0.25, 0.3) is 0 Å². The highest BCUT2D eigenvalue weighted by atomic mass is 15.3. The van der Waals surface area contributed by atoms with Crippen molar-refractivity contribution in [2.24, 2.45) is 0 Å².